The van der Waals surface area contributed by atoms with Crippen molar-refractivity contribution in [3.8, 4) is 11.4 Å². The Hall–Kier alpha value is -2.84. The first-order valence-corrected chi connectivity index (χ1v) is 10.4. The summed E-state index contributed by atoms with van der Waals surface area (Å²) in [7, 11) is 1.59. The minimum Gasteiger partial charge on any atom is -0.609 e. The minimum absolute atomic E-state index is 0.189. The van der Waals surface area contributed by atoms with Crippen LogP contribution in [0.15, 0.2) is 41.7 Å². The number of hydrogen-bond donors (Lipinski definition) is 1. The van der Waals surface area contributed by atoms with E-state index in [1.807, 2.05) is 37.5 Å². The molecular weight excluding hydrogens is 391 g/mol. The quantitative estimate of drug-likeness (QED) is 0.500. The highest BCUT2D eigenvalue weighted by atomic mass is 32.2. The Labute approximate surface area is 170 Å². The zero-order chi connectivity index (χ0) is 20.7. The predicted octanol–water partition coefficient (Wildman–Crippen LogP) is 4.13. The average Bonchev–Trinajstić information content (AvgIpc) is 3.25. The summed E-state index contributed by atoms with van der Waals surface area (Å²) in [6.45, 7) is 5.72. The maximum absolute atomic E-state index is 14.8. The van der Waals surface area contributed by atoms with Crippen LogP contribution in [0.4, 0.5) is 4.39 Å². The zero-order valence-electron chi connectivity index (χ0n) is 16.6. The van der Waals surface area contributed by atoms with E-state index >= 15 is 0 Å². The van der Waals surface area contributed by atoms with Gasteiger partial charge in [0.25, 0.3) is 0 Å². The van der Waals surface area contributed by atoms with E-state index in [0.29, 0.717) is 33.3 Å². The topological polar surface area (TPSA) is 78.8 Å². The number of nitrogens with zero attached hydrogens (tertiary/aromatic N) is 3. The predicted molar refractivity (Wildman–Crippen MR) is 110 cm³/mol. The van der Waals surface area contributed by atoms with Crippen LogP contribution in [-0.2, 0) is 16.9 Å². The molecule has 0 aliphatic heterocycles. The van der Waals surface area contributed by atoms with E-state index in [4.69, 9.17) is 4.74 Å². The van der Waals surface area contributed by atoms with Crippen molar-refractivity contribution < 1.29 is 13.7 Å². The molecule has 3 aromatic heterocycles. The summed E-state index contributed by atoms with van der Waals surface area (Å²) in [5, 5.41) is 0.293. The molecule has 1 aromatic carbocycles. The van der Waals surface area contributed by atoms with Gasteiger partial charge in [-0.25, -0.2) is 4.39 Å². The van der Waals surface area contributed by atoms with Crippen LogP contribution in [0, 0.1) is 26.6 Å². The number of methoxy groups -OCH3 is 1. The normalized spacial score (nSPS) is 12.5. The summed E-state index contributed by atoms with van der Waals surface area (Å²) in [4.78, 5) is 11.8. The van der Waals surface area contributed by atoms with Crippen LogP contribution >= 0.6 is 0 Å². The summed E-state index contributed by atoms with van der Waals surface area (Å²) >= 11 is -1.46. The Kier molecular flexibility index (Phi) is 5.06. The molecule has 150 valence electrons. The highest BCUT2D eigenvalue weighted by Crippen LogP contribution is 2.27. The monoisotopic (exact) mass is 412 g/mol. The van der Waals surface area contributed by atoms with Crippen LogP contribution in [0.2, 0.25) is 0 Å². The SMILES string of the molecule is COc1ccnc(C[S+]([O-])c2nc3cc(-n4c(C)ccc4C)c(F)cc3[nH]2)c1C. The minimum atomic E-state index is -1.46. The molecule has 8 heteroatoms. The number of imidazole rings is 1. The van der Waals surface area contributed by atoms with Gasteiger partial charge in [-0.2, -0.15) is 4.98 Å². The van der Waals surface area contributed by atoms with E-state index in [0.717, 1.165) is 17.0 Å². The van der Waals surface area contributed by atoms with Crippen molar-refractivity contribution in [3.05, 3.63) is 65.0 Å². The van der Waals surface area contributed by atoms with Crippen molar-refractivity contribution in [1.82, 2.24) is 19.5 Å². The maximum Gasteiger partial charge on any atom is 0.322 e. The van der Waals surface area contributed by atoms with Gasteiger partial charge in [0.1, 0.15) is 11.6 Å². The lowest BCUT2D eigenvalue weighted by Gasteiger charge is -2.10. The highest BCUT2D eigenvalue weighted by Gasteiger charge is 2.21. The molecule has 0 saturated carbocycles. The van der Waals surface area contributed by atoms with Gasteiger partial charge in [-0.05, 0) is 45.0 Å². The van der Waals surface area contributed by atoms with Crippen molar-refractivity contribution in [2.24, 2.45) is 0 Å². The van der Waals surface area contributed by atoms with Crippen LogP contribution in [-0.4, -0.2) is 31.2 Å². The van der Waals surface area contributed by atoms with Crippen molar-refractivity contribution >= 4 is 22.2 Å². The molecule has 0 saturated heterocycles. The van der Waals surface area contributed by atoms with E-state index in [1.165, 1.54) is 6.07 Å². The summed E-state index contributed by atoms with van der Waals surface area (Å²) in [5.74, 6) is 0.514. The molecule has 0 bridgehead atoms. The van der Waals surface area contributed by atoms with Gasteiger partial charge < -0.3 is 13.9 Å². The molecule has 4 rings (SSSR count). The third-order valence-corrected chi connectivity index (χ3v) is 6.16. The Morgan fingerprint density at radius 3 is 2.59 bits per heavy atom. The molecule has 6 nitrogen and oxygen atoms in total. The molecule has 0 amide bonds. The van der Waals surface area contributed by atoms with Gasteiger partial charge in [0.05, 0.1) is 29.5 Å². The van der Waals surface area contributed by atoms with Crippen LogP contribution in [0.5, 0.6) is 5.75 Å². The lowest BCUT2D eigenvalue weighted by Crippen LogP contribution is -2.10. The third kappa shape index (κ3) is 3.49. The maximum atomic E-state index is 14.8. The van der Waals surface area contributed by atoms with E-state index in [-0.39, 0.29) is 11.6 Å². The van der Waals surface area contributed by atoms with Gasteiger partial charge in [0.2, 0.25) is 0 Å². The zero-order valence-corrected chi connectivity index (χ0v) is 17.4. The van der Waals surface area contributed by atoms with Crippen molar-refractivity contribution in [2.45, 2.75) is 31.7 Å². The van der Waals surface area contributed by atoms with Gasteiger partial charge in [0.15, 0.2) is 5.75 Å². The highest BCUT2D eigenvalue weighted by molar-refractivity contribution is 7.90. The second kappa shape index (κ2) is 7.53. The fourth-order valence-electron chi connectivity index (χ4n) is 3.44. The number of rotatable bonds is 5. The summed E-state index contributed by atoms with van der Waals surface area (Å²) in [5.41, 5.74) is 4.87. The summed E-state index contributed by atoms with van der Waals surface area (Å²) in [6.07, 6.45) is 1.63. The number of pyridine rings is 1. The second-order valence-electron chi connectivity index (χ2n) is 6.89. The largest absolute Gasteiger partial charge is 0.609 e. The standard InChI is InChI=1S/C21H21FN4O2S/c1-12-5-6-13(2)26(12)19-10-17-16(9-15(19)22)24-21(25-17)29(27)11-18-14(3)20(28-4)7-8-23-18/h5-10H,11H2,1-4H3,(H,24,25). The number of ether oxygens (including phenoxy) is 1. The molecule has 1 N–H and O–H groups in total. The van der Waals surface area contributed by atoms with Gasteiger partial charge in [-0.15, -0.1) is 0 Å². The van der Waals surface area contributed by atoms with Crippen LogP contribution in [0.25, 0.3) is 16.7 Å². The fraction of sp³-hybridized carbons (Fsp3) is 0.238. The molecule has 1 unspecified atom stereocenters. The molecule has 0 radical (unpaired) electrons. The number of H-pyrrole nitrogens is 1. The van der Waals surface area contributed by atoms with E-state index in [9.17, 15) is 8.94 Å². The third-order valence-electron chi connectivity index (χ3n) is 5.00. The number of aromatic nitrogens is 4. The summed E-state index contributed by atoms with van der Waals surface area (Å²) in [6, 6.07) is 8.71. The van der Waals surface area contributed by atoms with Gasteiger partial charge in [-0.3, -0.25) is 9.97 Å². The van der Waals surface area contributed by atoms with Gasteiger partial charge >= 0.3 is 5.16 Å². The summed E-state index contributed by atoms with van der Waals surface area (Å²) < 4.78 is 34.8. The van der Waals surface area contributed by atoms with Crippen LogP contribution in [0.1, 0.15) is 22.6 Å². The van der Waals surface area contributed by atoms with Gasteiger partial charge in [0, 0.05) is 40.4 Å². The lowest BCUT2D eigenvalue weighted by atomic mass is 10.2. The second-order valence-corrected chi connectivity index (χ2v) is 8.26. The number of aromatic amines is 1. The Morgan fingerprint density at radius 2 is 1.90 bits per heavy atom. The van der Waals surface area contributed by atoms with Crippen LogP contribution < -0.4 is 4.74 Å². The molecule has 0 aliphatic rings. The number of halogens is 1. The van der Waals surface area contributed by atoms with Gasteiger partial charge in [-0.1, -0.05) is 0 Å². The van der Waals surface area contributed by atoms with Crippen LogP contribution in [0.3, 0.4) is 0 Å². The first-order chi connectivity index (χ1) is 13.9. The Bertz CT molecular complexity index is 1180. The van der Waals surface area contributed by atoms with E-state index in [1.54, 1.807) is 25.4 Å². The van der Waals surface area contributed by atoms with E-state index < -0.39 is 11.2 Å². The molecule has 1 atom stereocenters. The lowest BCUT2D eigenvalue weighted by molar-refractivity contribution is 0.410. The molecule has 0 fully saturated rings. The molecular formula is C21H21FN4O2S. The molecule has 4 aromatic rings. The number of benzene rings is 1. The fourth-order valence-corrected chi connectivity index (χ4v) is 4.54. The smallest absolute Gasteiger partial charge is 0.322 e. The van der Waals surface area contributed by atoms with Crippen molar-refractivity contribution in [2.75, 3.05) is 7.11 Å². The molecule has 29 heavy (non-hydrogen) atoms. The number of nitrogens with one attached hydrogen (secondary N) is 1. The first-order valence-electron chi connectivity index (χ1n) is 9.10. The average molecular weight is 412 g/mol. The first kappa shape index (κ1) is 19.5. The number of fused-ring (bicyclic) bond motifs is 1. The van der Waals surface area contributed by atoms with E-state index in [2.05, 4.69) is 15.0 Å². The molecule has 0 aliphatic carbocycles. The Morgan fingerprint density at radius 1 is 1.17 bits per heavy atom. The number of aryl methyl sites for hydroxylation is 2. The Balaban J connectivity index is 1.69. The van der Waals surface area contributed by atoms with Crippen molar-refractivity contribution in [3.63, 3.8) is 0 Å². The molecule has 0 spiro atoms. The molecule has 3 heterocycles. The number of hydrogen-bond acceptors (Lipinski definition) is 4. The van der Waals surface area contributed by atoms with Crippen molar-refractivity contribution in [1.29, 1.82) is 0 Å².